The number of benzene rings is 2. The summed E-state index contributed by atoms with van der Waals surface area (Å²) in [6, 6.07) is 10.5. The fraction of sp³-hybridized carbons (Fsp3) is 0.125. The molecule has 0 amide bonds. The SMILES string of the molecule is N#Cc1cccc(-c2cc(C(F)(F)F)ccc2OCC(=O)[O-])c1.[NH4+]. The first-order valence-corrected chi connectivity index (χ1v) is 6.35. The van der Waals surface area contributed by atoms with Gasteiger partial charge in [0.25, 0.3) is 0 Å². The number of nitriles is 1. The number of carboxylic acid groups (broad SMARTS) is 1. The number of hydrogen-bond acceptors (Lipinski definition) is 4. The summed E-state index contributed by atoms with van der Waals surface area (Å²) < 4.78 is 43.6. The summed E-state index contributed by atoms with van der Waals surface area (Å²) in [6.45, 7) is -0.795. The Morgan fingerprint density at radius 2 is 1.92 bits per heavy atom. The molecule has 0 spiro atoms. The highest BCUT2D eigenvalue weighted by atomic mass is 19.4. The Kier molecular flexibility index (Phi) is 5.92. The van der Waals surface area contributed by atoms with E-state index in [0.717, 1.165) is 18.2 Å². The van der Waals surface area contributed by atoms with Crippen LogP contribution in [0.25, 0.3) is 11.1 Å². The minimum Gasteiger partial charge on any atom is -0.546 e. The number of carbonyl (C=O) groups is 1. The van der Waals surface area contributed by atoms with Crippen molar-refractivity contribution in [1.29, 1.82) is 5.26 Å². The van der Waals surface area contributed by atoms with Crippen LogP contribution in [0, 0.1) is 11.3 Å². The van der Waals surface area contributed by atoms with Crippen LogP contribution in [0.5, 0.6) is 5.75 Å². The highest BCUT2D eigenvalue weighted by molar-refractivity contribution is 5.73. The second-order valence-electron chi connectivity index (χ2n) is 4.56. The average molecular weight is 338 g/mol. The molecule has 0 aliphatic carbocycles. The number of aliphatic carboxylic acids is 1. The molecule has 0 atom stereocenters. The van der Waals surface area contributed by atoms with Crippen molar-refractivity contribution in [3.05, 3.63) is 53.6 Å². The van der Waals surface area contributed by atoms with Crippen LogP contribution >= 0.6 is 0 Å². The van der Waals surface area contributed by atoms with Crippen molar-refractivity contribution in [2.24, 2.45) is 0 Å². The van der Waals surface area contributed by atoms with Crippen molar-refractivity contribution in [1.82, 2.24) is 6.15 Å². The van der Waals surface area contributed by atoms with E-state index in [1.165, 1.54) is 24.3 Å². The van der Waals surface area contributed by atoms with Crippen LogP contribution in [0.4, 0.5) is 13.2 Å². The van der Waals surface area contributed by atoms with Gasteiger partial charge in [-0.2, -0.15) is 18.4 Å². The molecular weight excluding hydrogens is 325 g/mol. The molecule has 0 aliphatic heterocycles. The van der Waals surface area contributed by atoms with Gasteiger partial charge in [-0.3, -0.25) is 0 Å². The molecule has 0 heterocycles. The maximum Gasteiger partial charge on any atom is 0.416 e. The molecule has 8 heteroatoms. The molecule has 0 aliphatic rings. The lowest BCUT2D eigenvalue weighted by atomic mass is 10.00. The van der Waals surface area contributed by atoms with Crippen molar-refractivity contribution in [2.75, 3.05) is 6.61 Å². The van der Waals surface area contributed by atoms with E-state index in [9.17, 15) is 23.1 Å². The normalized spacial score (nSPS) is 10.4. The zero-order chi connectivity index (χ0) is 17.0. The Hall–Kier alpha value is -3.05. The van der Waals surface area contributed by atoms with Gasteiger partial charge >= 0.3 is 6.18 Å². The third kappa shape index (κ3) is 4.47. The van der Waals surface area contributed by atoms with Gasteiger partial charge in [0.2, 0.25) is 0 Å². The number of quaternary nitrogens is 1. The quantitative estimate of drug-likeness (QED) is 0.924. The van der Waals surface area contributed by atoms with E-state index < -0.39 is 24.3 Å². The first-order chi connectivity index (χ1) is 10.8. The van der Waals surface area contributed by atoms with E-state index in [0.29, 0.717) is 5.56 Å². The molecule has 0 unspecified atom stereocenters. The molecule has 0 fully saturated rings. The van der Waals surface area contributed by atoms with Gasteiger partial charge in [-0.1, -0.05) is 12.1 Å². The van der Waals surface area contributed by atoms with Gasteiger partial charge in [0.1, 0.15) is 12.4 Å². The maximum absolute atomic E-state index is 12.9. The van der Waals surface area contributed by atoms with Gasteiger partial charge in [-0.15, -0.1) is 0 Å². The van der Waals surface area contributed by atoms with Gasteiger partial charge in [-0.25, -0.2) is 0 Å². The first-order valence-electron chi connectivity index (χ1n) is 6.35. The highest BCUT2D eigenvalue weighted by Gasteiger charge is 2.31. The summed E-state index contributed by atoms with van der Waals surface area (Å²) in [5.41, 5.74) is -0.303. The molecule has 0 saturated heterocycles. The second kappa shape index (κ2) is 7.48. The number of ether oxygens (including phenoxy) is 1. The van der Waals surface area contributed by atoms with Crippen LogP contribution in [0.15, 0.2) is 42.5 Å². The number of halogens is 3. The first kappa shape index (κ1) is 19.0. The van der Waals surface area contributed by atoms with E-state index >= 15 is 0 Å². The Morgan fingerprint density at radius 1 is 1.21 bits per heavy atom. The lowest BCUT2D eigenvalue weighted by Crippen LogP contribution is -2.29. The lowest BCUT2D eigenvalue weighted by molar-refractivity contribution is -0.307. The Morgan fingerprint density at radius 3 is 2.50 bits per heavy atom. The summed E-state index contributed by atoms with van der Waals surface area (Å²) in [5.74, 6) is -1.54. The molecule has 0 bridgehead atoms. The molecule has 24 heavy (non-hydrogen) atoms. The van der Waals surface area contributed by atoms with Gasteiger partial charge in [0.05, 0.1) is 23.2 Å². The highest BCUT2D eigenvalue weighted by Crippen LogP contribution is 2.37. The van der Waals surface area contributed by atoms with Crippen LogP contribution in [0.1, 0.15) is 11.1 Å². The zero-order valence-electron chi connectivity index (χ0n) is 12.6. The summed E-state index contributed by atoms with van der Waals surface area (Å²) in [6.07, 6.45) is -4.56. The molecule has 0 radical (unpaired) electrons. The Labute approximate surface area is 135 Å². The van der Waals surface area contributed by atoms with Crippen LogP contribution in [-0.2, 0) is 11.0 Å². The Balaban J connectivity index is 0.00000288. The number of alkyl halides is 3. The molecule has 4 N–H and O–H groups in total. The van der Waals surface area contributed by atoms with Gasteiger partial charge in [0.15, 0.2) is 0 Å². The summed E-state index contributed by atoms with van der Waals surface area (Å²) in [5, 5.41) is 19.4. The van der Waals surface area contributed by atoms with E-state index in [1.807, 2.05) is 6.07 Å². The van der Waals surface area contributed by atoms with Crippen molar-refractivity contribution >= 4 is 5.97 Å². The monoisotopic (exact) mass is 338 g/mol. The number of hydrogen-bond donors (Lipinski definition) is 1. The van der Waals surface area contributed by atoms with Crippen molar-refractivity contribution in [2.45, 2.75) is 6.18 Å². The van der Waals surface area contributed by atoms with Gasteiger partial charge in [0, 0.05) is 5.56 Å². The molecule has 0 aromatic heterocycles. The van der Waals surface area contributed by atoms with Gasteiger partial charge < -0.3 is 20.8 Å². The molecule has 2 rings (SSSR count). The van der Waals surface area contributed by atoms with Gasteiger partial charge in [-0.05, 0) is 35.9 Å². The molecular formula is C16H13F3N2O3. The summed E-state index contributed by atoms with van der Waals surface area (Å²) in [7, 11) is 0. The van der Waals surface area contributed by atoms with E-state index in [-0.39, 0.29) is 23.0 Å². The predicted molar refractivity (Wildman–Crippen MR) is 78.1 cm³/mol. The number of rotatable bonds is 4. The van der Waals surface area contributed by atoms with E-state index in [2.05, 4.69) is 0 Å². The number of nitrogens with zero attached hydrogens (tertiary/aromatic N) is 1. The number of carboxylic acids is 1. The zero-order valence-corrected chi connectivity index (χ0v) is 12.6. The average Bonchev–Trinajstić information content (AvgIpc) is 2.51. The van der Waals surface area contributed by atoms with Crippen LogP contribution in [0.2, 0.25) is 0 Å². The molecule has 2 aromatic rings. The van der Waals surface area contributed by atoms with Crippen LogP contribution in [0.3, 0.4) is 0 Å². The predicted octanol–water partition coefficient (Wildman–Crippen LogP) is 2.75. The third-order valence-corrected chi connectivity index (χ3v) is 2.96. The molecule has 0 saturated carbocycles. The largest absolute Gasteiger partial charge is 0.546 e. The smallest absolute Gasteiger partial charge is 0.416 e. The molecule has 126 valence electrons. The molecule has 5 nitrogen and oxygen atoms in total. The molecule has 2 aromatic carbocycles. The topological polar surface area (TPSA) is 110 Å². The maximum atomic E-state index is 12.9. The van der Waals surface area contributed by atoms with Crippen LogP contribution in [-0.4, -0.2) is 12.6 Å². The number of carbonyl (C=O) groups excluding carboxylic acids is 1. The van der Waals surface area contributed by atoms with E-state index in [1.54, 1.807) is 0 Å². The van der Waals surface area contributed by atoms with Crippen molar-refractivity contribution in [3.8, 4) is 22.9 Å². The second-order valence-corrected chi connectivity index (χ2v) is 4.56. The standard InChI is InChI=1S/C16H10F3NO3.H3N/c17-16(18,19)12-4-5-14(23-9-15(21)22)13(7-12)11-3-1-2-10(6-11)8-20;/h1-7H,9H2,(H,21,22);1H3. The summed E-state index contributed by atoms with van der Waals surface area (Å²) in [4.78, 5) is 10.5. The van der Waals surface area contributed by atoms with E-state index in [4.69, 9.17) is 10.00 Å². The van der Waals surface area contributed by atoms with Crippen molar-refractivity contribution in [3.63, 3.8) is 0 Å². The fourth-order valence-electron chi connectivity index (χ4n) is 1.95. The minimum absolute atomic E-state index is 0. The third-order valence-electron chi connectivity index (χ3n) is 2.96. The lowest BCUT2D eigenvalue weighted by Gasteiger charge is -2.15. The summed E-state index contributed by atoms with van der Waals surface area (Å²) >= 11 is 0. The fourth-order valence-corrected chi connectivity index (χ4v) is 1.95. The minimum atomic E-state index is -4.56. The van der Waals surface area contributed by atoms with Crippen molar-refractivity contribution < 1.29 is 27.8 Å². The Bertz CT molecular complexity index is 783. The van der Waals surface area contributed by atoms with Crippen LogP contribution < -0.4 is 16.0 Å².